The molecule has 2 nitrogen and oxygen atoms in total. The average molecular weight is 167 g/mol. The number of nitriles is 1. The molecular formula is C10H17NO. The van der Waals surface area contributed by atoms with Crippen molar-refractivity contribution in [1.82, 2.24) is 0 Å². The van der Waals surface area contributed by atoms with Crippen LogP contribution in [0.2, 0.25) is 0 Å². The summed E-state index contributed by atoms with van der Waals surface area (Å²) in [6.45, 7) is 1.66. The van der Waals surface area contributed by atoms with Gasteiger partial charge in [-0.15, -0.1) is 0 Å². The fraction of sp³-hybridized carbons (Fsp3) is 0.900. The molecule has 0 bridgehead atoms. The molecule has 0 saturated heterocycles. The second-order valence-electron chi connectivity index (χ2n) is 3.46. The van der Waals surface area contributed by atoms with Gasteiger partial charge < -0.3 is 4.74 Å². The summed E-state index contributed by atoms with van der Waals surface area (Å²) in [4.78, 5) is 0. The summed E-state index contributed by atoms with van der Waals surface area (Å²) in [5.41, 5.74) is 0. The van der Waals surface area contributed by atoms with Crippen molar-refractivity contribution in [2.45, 2.75) is 38.5 Å². The monoisotopic (exact) mass is 167 g/mol. The Morgan fingerprint density at radius 3 is 2.75 bits per heavy atom. The molecule has 0 aliphatic heterocycles. The van der Waals surface area contributed by atoms with Crippen molar-refractivity contribution >= 4 is 0 Å². The zero-order valence-corrected chi connectivity index (χ0v) is 7.59. The number of ether oxygens (including phenoxy) is 1. The van der Waals surface area contributed by atoms with E-state index >= 15 is 0 Å². The van der Waals surface area contributed by atoms with E-state index < -0.39 is 0 Å². The maximum Gasteiger partial charge on any atom is 0.0622 e. The number of hydrogen-bond donors (Lipinski definition) is 0. The summed E-state index contributed by atoms with van der Waals surface area (Å²) >= 11 is 0. The largest absolute Gasteiger partial charge is 0.381 e. The molecule has 0 aromatic rings. The van der Waals surface area contributed by atoms with Crippen LogP contribution >= 0.6 is 0 Å². The highest BCUT2D eigenvalue weighted by Crippen LogP contribution is 2.28. The van der Waals surface area contributed by atoms with E-state index in [1.165, 1.54) is 25.7 Å². The zero-order valence-electron chi connectivity index (χ0n) is 7.59. The summed E-state index contributed by atoms with van der Waals surface area (Å²) in [6, 6.07) is 2.11. The fourth-order valence-corrected chi connectivity index (χ4v) is 1.39. The Morgan fingerprint density at radius 2 is 2.17 bits per heavy atom. The topological polar surface area (TPSA) is 33.0 Å². The predicted octanol–water partition coefficient (Wildman–Crippen LogP) is 2.50. The van der Waals surface area contributed by atoms with E-state index in [-0.39, 0.29) is 0 Å². The number of hydrogen-bond acceptors (Lipinski definition) is 2. The van der Waals surface area contributed by atoms with Gasteiger partial charge in [-0.2, -0.15) is 5.26 Å². The minimum absolute atomic E-state index is 0.628. The molecule has 0 heterocycles. The Bertz CT molecular complexity index is 146. The van der Waals surface area contributed by atoms with Gasteiger partial charge in [0.25, 0.3) is 0 Å². The van der Waals surface area contributed by atoms with E-state index in [0.717, 1.165) is 25.6 Å². The molecule has 0 N–H and O–H groups in total. The molecule has 68 valence electrons. The van der Waals surface area contributed by atoms with Gasteiger partial charge in [0.1, 0.15) is 0 Å². The molecule has 1 aliphatic carbocycles. The quantitative estimate of drug-likeness (QED) is 0.569. The molecule has 1 saturated carbocycles. The Morgan fingerprint density at radius 1 is 1.33 bits per heavy atom. The highest BCUT2D eigenvalue weighted by Gasteiger charge is 2.16. The van der Waals surface area contributed by atoms with Gasteiger partial charge >= 0.3 is 0 Å². The fourth-order valence-electron chi connectivity index (χ4n) is 1.39. The number of nitrogens with zero attached hydrogens (tertiary/aromatic N) is 1. The third-order valence-corrected chi connectivity index (χ3v) is 2.47. The smallest absolute Gasteiger partial charge is 0.0622 e. The van der Waals surface area contributed by atoms with Crippen LogP contribution in [0.4, 0.5) is 0 Å². The highest BCUT2D eigenvalue weighted by atomic mass is 16.5. The van der Waals surface area contributed by atoms with Gasteiger partial charge in [0.15, 0.2) is 0 Å². The van der Waals surface area contributed by atoms with Crippen molar-refractivity contribution in [1.29, 1.82) is 5.26 Å². The van der Waals surface area contributed by atoms with Crippen LogP contribution in [-0.2, 0) is 4.74 Å². The minimum Gasteiger partial charge on any atom is -0.381 e. The molecule has 12 heavy (non-hydrogen) atoms. The van der Waals surface area contributed by atoms with E-state index in [0.29, 0.717) is 6.42 Å². The Hall–Kier alpha value is -0.550. The molecular weight excluding hydrogens is 150 g/mol. The van der Waals surface area contributed by atoms with Gasteiger partial charge in [-0.25, -0.2) is 0 Å². The van der Waals surface area contributed by atoms with Crippen LogP contribution in [0.3, 0.4) is 0 Å². The third-order valence-electron chi connectivity index (χ3n) is 2.47. The lowest BCUT2D eigenvalue weighted by Gasteiger charge is -2.24. The molecule has 0 unspecified atom stereocenters. The van der Waals surface area contributed by atoms with Crippen LogP contribution in [-0.4, -0.2) is 13.2 Å². The lowest BCUT2D eigenvalue weighted by Crippen LogP contribution is -2.13. The molecule has 0 atom stereocenters. The van der Waals surface area contributed by atoms with Crippen LogP contribution in [0.15, 0.2) is 0 Å². The molecule has 2 heteroatoms. The second-order valence-corrected chi connectivity index (χ2v) is 3.46. The number of rotatable bonds is 6. The van der Waals surface area contributed by atoms with Crippen molar-refractivity contribution in [3.8, 4) is 6.07 Å². The van der Waals surface area contributed by atoms with E-state index in [9.17, 15) is 0 Å². The lowest BCUT2D eigenvalue weighted by atomic mass is 9.83. The van der Waals surface area contributed by atoms with E-state index in [1.54, 1.807) is 0 Å². The maximum absolute atomic E-state index is 8.25. The molecule has 0 amide bonds. The average Bonchev–Trinajstić information content (AvgIpc) is 2.00. The summed E-state index contributed by atoms with van der Waals surface area (Å²) < 4.78 is 5.39. The number of unbranched alkanes of at least 4 members (excludes halogenated alkanes) is 1. The van der Waals surface area contributed by atoms with Gasteiger partial charge in [0, 0.05) is 19.6 Å². The standard InChI is InChI=1S/C10H17NO/c11-7-1-2-8-12-9-6-10-4-3-5-10/h10H,1-6,8-9H2. The van der Waals surface area contributed by atoms with Gasteiger partial charge in [0.05, 0.1) is 6.07 Å². The van der Waals surface area contributed by atoms with Crippen molar-refractivity contribution in [2.24, 2.45) is 5.92 Å². The Balaban J connectivity index is 1.74. The van der Waals surface area contributed by atoms with Crippen LogP contribution in [0.25, 0.3) is 0 Å². The molecule has 0 aromatic heterocycles. The van der Waals surface area contributed by atoms with Crippen molar-refractivity contribution in [2.75, 3.05) is 13.2 Å². The van der Waals surface area contributed by atoms with Gasteiger partial charge in [0.2, 0.25) is 0 Å². The van der Waals surface area contributed by atoms with E-state index in [2.05, 4.69) is 6.07 Å². The summed E-state index contributed by atoms with van der Waals surface area (Å²) in [6.07, 6.45) is 6.97. The highest BCUT2D eigenvalue weighted by molar-refractivity contribution is 4.69. The Labute approximate surface area is 74.5 Å². The van der Waals surface area contributed by atoms with Gasteiger partial charge in [-0.05, 0) is 18.8 Å². The lowest BCUT2D eigenvalue weighted by molar-refractivity contribution is 0.105. The summed E-state index contributed by atoms with van der Waals surface area (Å²) in [7, 11) is 0. The summed E-state index contributed by atoms with van der Waals surface area (Å²) in [5, 5.41) is 8.25. The Kier molecular flexibility index (Phi) is 4.79. The first-order valence-corrected chi connectivity index (χ1v) is 4.88. The minimum atomic E-state index is 0.628. The molecule has 1 aliphatic rings. The first-order valence-electron chi connectivity index (χ1n) is 4.88. The van der Waals surface area contributed by atoms with Crippen LogP contribution in [0, 0.1) is 17.2 Å². The first kappa shape index (κ1) is 9.54. The van der Waals surface area contributed by atoms with Crippen molar-refractivity contribution in [3.05, 3.63) is 0 Å². The van der Waals surface area contributed by atoms with Gasteiger partial charge in [-0.1, -0.05) is 19.3 Å². The molecule has 0 spiro atoms. The summed E-state index contributed by atoms with van der Waals surface area (Å²) in [5.74, 6) is 0.945. The van der Waals surface area contributed by atoms with E-state index in [1.807, 2.05) is 0 Å². The molecule has 0 aromatic carbocycles. The SMILES string of the molecule is N#CCCCOCCC1CCC1. The molecule has 1 rings (SSSR count). The molecule has 0 radical (unpaired) electrons. The zero-order chi connectivity index (χ0) is 8.65. The van der Waals surface area contributed by atoms with Crippen LogP contribution < -0.4 is 0 Å². The van der Waals surface area contributed by atoms with Crippen molar-refractivity contribution in [3.63, 3.8) is 0 Å². The van der Waals surface area contributed by atoms with Crippen molar-refractivity contribution < 1.29 is 4.74 Å². The van der Waals surface area contributed by atoms with Gasteiger partial charge in [-0.3, -0.25) is 0 Å². The normalized spacial score (nSPS) is 16.9. The maximum atomic E-state index is 8.25. The van der Waals surface area contributed by atoms with Crippen LogP contribution in [0.5, 0.6) is 0 Å². The van der Waals surface area contributed by atoms with E-state index in [4.69, 9.17) is 10.00 Å². The first-order chi connectivity index (χ1) is 5.93. The molecule has 1 fully saturated rings. The third kappa shape index (κ3) is 3.73. The second kappa shape index (κ2) is 6.02. The van der Waals surface area contributed by atoms with Crippen LogP contribution in [0.1, 0.15) is 38.5 Å². The predicted molar refractivity (Wildman–Crippen MR) is 47.6 cm³/mol.